The van der Waals surface area contributed by atoms with Crippen LogP contribution < -0.4 is 4.72 Å². The normalized spacial score (nSPS) is 11.9. The number of rotatable bonds is 4. The SMILES string of the molecule is CC(C)NS(=O)(=O)c1ccc(C(=O)O)o1. The minimum Gasteiger partial charge on any atom is -0.475 e. The van der Waals surface area contributed by atoms with Crippen molar-refractivity contribution >= 4 is 16.0 Å². The van der Waals surface area contributed by atoms with E-state index in [1.165, 1.54) is 0 Å². The second kappa shape index (κ2) is 4.03. The van der Waals surface area contributed by atoms with Crippen LogP contribution in [0.5, 0.6) is 0 Å². The predicted octanol–water partition coefficient (Wildman–Crippen LogP) is 0.665. The van der Waals surface area contributed by atoms with E-state index < -0.39 is 26.8 Å². The number of sulfonamides is 1. The topological polar surface area (TPSA) is 96.6 Å². The zero-order valence-electron chi connectivity index (χ0n) is 8.22. The third-order valence-electron chi connectivity index (χ3n) is 1.45. The zero-order chi connectivity index (χ0) is 11.6. The molecule has 0 amide bonds. The van der Waals surface area contributed by atoms with Crippen molar-refractivity contribution in [2.75, 3.05) is 0 Å². The third-order valence-corrected chi connectivity index (χ3v) is 2.98. The molecular formula is C8H11NO5S. The highest BCUT2D eigenvalue weighted by Gasteiger charge is 2.21. The van der Waals surface area contributed by atoms with Gasteiger partial charge in [0.1, 0.15) is 0 Å². The second-order valence-electron chi connectivity index (χ2n) is 3.20. The lowest BCUT2D eigenvalue weighted by Crippen LogP contribution is -2.29. The van der Waals surface area contributed by atoms with Gasteiger partial charge in [-0.25, -0.2) is 17.9 Å². The highest BCUT2D eigenvalue weighted by Crippen LogP contribution is 2.13. The summed E-state index contributed by atoms with van der Waals surface area (Å²) in [4.78, 5) is 10.5. The molecule has 6 nitrogen and oxygen atoms in total. The average Bonchev–Trinajstić information content (AvgIpc) is 2.48. The third kappa shape index (κ3) is 2.80. The summed E-state index contributed by atoms with van der Waals surface area (Å²) >= 11 is 0. The average molecular weight is 233 g/mol. The molecule has 0 aliphatic carbocycles. The van der Waals surface area contributed by atoms with Crippen LogP contribution in [0.2, 0.25) is 0 Å². The molecule has 0 bridgehead atoms. The quantitative estimate of drug-likeness (QED) is 0.796. The Labute approximate surface area is 87.0 Å². The van der Waals surface area contributed by atoms with Crippen LogP contribution in [0, 0.1) is 0 Å². The number of hydrogen-bond donors (Lipinski definition) is 2. The lowest BCUT2D eigenvalue weighted by atomic mass is 10.4. The lowest BCUT2D eigenvalue weighted by Gasteiger charge is -2.06. The van der Waals surface area contributed by atoms with E-state index in [1.54, 1.807) is 13.8 Å². The van der Waals surface area contributed by atoms with Gasteiger partial charge in [-0.1, -0.05) is 0 Å². The van der Waals surface area contributed by atoms with E-state index in [0.29, 0.717) is 0 Å². The van der Waals surface area contributed by atoms with Gasteiger partial charge in [-0.05, 0) is 26.0 Å². The number of carboxylic acid groups (broad SMARTS) is 1. The molecule has 0 saturated heterocycles. The van der Waals surface area contributed by atoms with Gasteiger partial charge in [0.25, 0.3) is 10.0 Å². The van der Waals surface area contributed by atoms with Gasteiger partial charge in [0, 0.05) is 6.04 Å². The minimum absolute atomic E-state index is 0.284. The number of carbonyl (C=O) groups is 1. The molecular weight excluding hydrogens is 222 g/mol. The molecule has 0 spiro atoms. The molecule has 1 heterocycles. The number of hydrogen-bond acceptors (Lipinski definition) is 4. The van der Waals surface area contributed by atoms with E-state index in [4.69, 9.17) is 5.11 Å². The van der Waals surface area contributed by atoms with E-state index in [0.717, 1.165) is 12.1 Å². The van der Waals surface area contributed by atoms with Crippen LogP contribution in [0.25, 0.3) is 0 Å². The van der Waals surface area contributed by atoms with Gasteiger partial charge in [0.2, 0.25) is 10.9 Å². The smallest absolute Gasteiger partial charge is 0.371 e. The van der Waals surface area contributed by atoms with E-state index in [1.807, 2.05) is 0 Å². The van der Waals surface area contributed by atoms with Crippen molar-refractivity contribution < 1.29 is 22.7 Å². The molecule has 0 unspecified atom stereocenters. The van der Waals surface area contributed by atoms with E-state index in [9.17, 15) is 13.2 Å². The monoisotopic (exact) mass is 233 g/mol. The van der Waals surface area contributed by atoms with Crippen LogP contribution >= 0.6 is 0 Å². The molecule has 0 aliphatic heterocycles. The van der Waals surface area contributed by atoms with Crippen LogP contribution in [0.15, 0.2) is 21.6 Å². The summed E-state index contributed by atoms with van der Waals surface area (Å²) in [5.74, 6) is -1.71. The highest BCUT2D eigenvalue weighted by molar-refractivity contribution is 7.89. The standard InChI is InChI=1S/C8H11NO5S/c1-5(2)9-15(12,13)7-4-3-6(14-7)8(10)11/h3-5,9H,1-2H3,(H,10,11). The maximum absolute atomic E-state index is 11.5. The first-order valence-electron chi connectivity index (χ1n) is 4.18. The molecule has 15 heavy (non-hydrogen) atoms. The van der Waals surface area contributed by atoms with Crippen LogP contribution in [-0.2, 0) is 10.0 Å². The fourth-order valence-electron chi connectivity index (χ4n) is 0.948. The Balaban J connectivity index is 3.01. The zero-order valence-corrected chi connectivity index (χ0v) is 9.04. The lowest BCUT2D eigenvalue weighted by molar-refractivity contribution is 0.0656. The molecule has 0 atom stereocenters. The number of furan rings is 1. The summed E-state index contributed by atoms with van der Waals surface area (Å²) in [6.45, 7) is 3.30. The minimum atomic E-state index is -3.75. The van der Waals surface area contributed by atoms with Crippen LogP contribution in [0.4, 0.5) is 0 Å². The summed E-state index contributed by atoms with van der Waals surface area (Å²) in [7, 11) is -3.75. The molecule has 1 aromatic heterocycles. The van der Waals surface area contributed by atoms with Gasteiger partial charge in [-0.3, -0.25) is 0 Å². The molecule has 1 rings (SSSR count). The Morgan fingerprint density at radius 3 is 2.47 bits per heavy atom. The Morgan fingerprint density at radius 2 is 2.07 bits per heavy atom. The number of carboxylic acids is 1. The molecule has 0 saturated carbocycles. The van der Waals surface area contributed by atoms with Crippen molar-refractivity contribution in [2.24, 2.45) is 0 Å². The molecule has 84 valence electrons. The molecule has 0 fully saturated rings. The van der Waals surface area contributed by atoms with Crippen LogP contribution in [0.3, 0.4) is 0 Å². The van der Waals surface area contributed by atoms with Crippen molar-refractivity contribution in [3.05, 3.63) is 17.9 Å². The Bertz CT molecular complexity index is 459. The van der Waals surface area contributed by atoms with Gasteiger partial charge in [-0.2, -0.15) is 0 Å². The molecule has 1 aromatic rings. The van der Waals surface area contributed by atoms with Gasteiger partial charge in [0.05, 0.1) is 0 Å². The highest BCUT2D eigenvalue weighted by atomic mass is 32.2. The summed E-state index contributed by atoms with van der Waals surface area (Å²) in [6, 6.07) is 1.92. The van der Waals surface area contributed by atoms with E-state index in [-0.39, 0.29) is 6.04 Å². The Hall–Kier alpha value is -1.34. The van der Waals surface area contributed by atoms with Gasteiger partial charge >= 0.3 is 5.97 Å². The fraction of sp³-hybridized carbons (Fsp3) is 0.375. The van der Waals surface area contributed by atoms with E-state index >= 15 is 0 Å². The van der Waals surface area contributed by atoms with Gasteiger partial charge in [0.15, 0.2) is 0 Å². The molecule has 0 aromatic carbocycles. The van der Waals surface area contributed by atoms with Crippen molar-refractivity contribution in [1.29, 1.82) is 0 Å². The summed E-state index contributed by atoms with van der Waals surface area (Å²) < 4.78 is 29.9. The maximum atomic E-state index is 11.5. The van der Waals surface area contributed by atoms with Crippen molar-refractivity contribution in [2.45, 2.75) is 25.0 Å². The first-order chi connectivity index (χ1) is 6.83. The maximum Gasteiger partial charge on any atom is 0.371 e. The van der Waals surface area contributed by atoms with Crippen molar-refractivity contribution in [3.8, 4) is 0 Å². The van der Waals surface area contributed by atoms with E-state index in [2.05, 4.69) is 9.14 Å². The fourth-order valence-corrected chi connectivity index (χ4v) is 2.13. The predicted molar refractivity (Wildman–Crippen MR) is 51.1 cm³/mol. The Morgan fingerprint density at radius 1 is 1.47 bits per heavy atom. The molecule has 0 aliphatic rings. The van der Waals surface area contributed by atoms with Gasteiger partial charge < -0.3 is 9.52 Å². The number of nitrogens with one attached hydrogen (secondary N) is 1. The largest absolute Gasteiger partial charge is 0.475 e. The Kier molecular flexibility index (Phi) is 3.15. The number of aromatic carboxylic acids is 1. The van der Waals surface area contributed by atoms with Crippen molar-refractivity contribution in [1.82, 2.24) is 4.72 Å². The first-order valence-corrected chi connectivity index (χ1v) is 5.66. The summed E-state index contributed by atoms with van der Waals surface area (Å²) in [5.41, 5.74) is 0. The summed E-state index contributed by atoms with van der Waals surface area (Å²) in [6.07, 6.45) is 0. The summed E-state index contributed by atoms with van der Waals surface area (Å²) in [5, 5.41) is 8.14. The molecule has 7 heteroatoms. The van der Waals surface area contributed by atoms with Crippen LogP contribution in [0.1, 0.15) is 24.4 Å². The molecule has 2 N–H and O–H groups in total. The second-order valence-corrected chi connectivity index (χ2v) is 4.84. The first kappa shape index (κ1) is 11.7. The van der Waals surface area contributed by atoms with Gasteiger partial charge in [-0.15, -0.1) is 0 Å². The molecule has 0 radical (unpaired) electrons. The van der Waals surface area contributed by atoms with Crippen molar-refractivity contribution in [3.63, 3.8) is 0 Å². The van der Waals surface area contributed by atoms with Crippen LogP contribution in [-0.4, -0.2) is 25.5 Å².